The Morgan fingerprint density at radius 3 is 2.26 bits per heavy atom. The second-order valence-electron chi connectivity index (χ2n) is 5.70. The molecule has 0 aliphatic rings. The van der Waals surface area contributed by atoms with Crippen LogP contribution in [0, 0.1) is 0 Å². The standard InChI is InChI=1S/C20H13N3/c1-2-5-14-13(4-1)8-9-17-15-6-3-7-19(20-12-21-23-22-20)18(15)11-10-16(14)17/h1-12H,(H,21,22,23). The Hall–Kier alpha value is -3.20. The van der Waals surface area contributed by atoms with Gasteiger partial charge in [-0.3, -0.25) is 0 Å². The van der Waals surface area contributed by atoms with Crippen molar-refractivity contribution in [3.05, 3.63) is 72.9 Å². The van der Waals surface area contributed by atoms with Gasteiger partial charge in [-0.1, -0.05) is 66.7 Å². The van der Waals surface area contributed by atoms with Crippen LogP contribution in [0.2, 0.25) is 0 Å². The average molecular weight is 295 g/mol. The van der Waals surface area contributed by atoms with Crippen LogP contribution in [0.15, 0.2) is 72.9 Å². The van der Waals surface area contributed by atoms with Crippen molar-refractivity contribution in [2.24, 2.45) is 0 Å². The molecule has 23 heavy (non-hydrogen) atoms. The zero-order valence-electron chi connectivity index (χ0n) is 12.3. The van der Waals surface area contributed by atoms with E-state index in [0.717, 1.165) is 11.3 Å². The molecule has 1 heterocycles. The second kappa shape index (κ2) is 4.65. The quantitative estimate of drug-likeness (QED) is 0.445. The number of benzene rings is 4. The van der Waals surface area contributed by atoms with Crippen LogP contribution in [0.25, 0.3) is 43.6 Å². The first-order chi connectivity index (χ1) is 11.4. The third-order valence-electron chi connectivity index (χ3n) is 4.47. The lowest BCUT2D eigenvalue weighted by molar-refractivity contribution is 0.942. The number of aromatic nitrogens is 3. The zero-order valence-corrected chi connectivity index (χ0v) is 12.3. The summed E-state index contributed by atoms with van der Waals surface area (Å²) >= 11 is 0. The predicted molar refractivity (Wildman–Crippen MR) is 94.3 cm³/mol. The Balaban J connectivity index is 1.94. The molecule has 0 spiro atoms. The van der Waals surface area contributed by atoms with Crippen LogP contribution >= 0.6 is 0 Å². The minimum Gasteiger partial charge on any atom is -0.197 e. The molecule has 5 aromatic rings. The van der Waals surface area contributed by atoms with Gasteiger partial charge in [0.2, 0.25) is 0 Å². The van der Waals surface area contributed by atoms with E-state index in [0.29, 0.717) is 0 Å². The van der Waals surface area contributed by atoms with Crippen LogP contribution in [-0.4, -0.2) is 15.4 Å². The molecule has 4 aromatic carbocycles. The first-order valence-electron chi connectivity index (χ1n) is 7.61. The number of hydrogen-bond donors (Lipinski definition) is 1. The van der Waals surface area contributed by atoms with Crippen molar-refractivity contribution in [3.8, 4) is 11.3 Å². The summed E-state index contributed by atoms with van der Waals surface area (Å²) in [5.41, 5.74) is 1.97. The third-order valence-corrected chi connectivity index (χ3v) is 4.47. The van der Waals surface area contributed by atoms with Crippen molar-refractivity contribution < 1.29 is 0 Å². The van der Waals surface area contributed by atoms with Gasteiger partial charge in [0.15, 0.2) is 0 Å². The molecule has 0 radical (unpaired) electrons. The SMILES string of the molecule is c1ccc2c(c1)ccc1c3cccc(-c4cn[nH]n4)c3ccc21. The average Bonchev–Trinajstić information content (AvgIpc) is 3.15. The molecule has 108 valence electrons. The van der Waals surface area contributed by atoms with Gasteiger partial charge in [0, 0.05) is 5.56 Å². The Bertz CT molecular complexity index is 1160. The van der Waals surface area contributed by atoms with Crippen LogP contribution in [0.4, 0.5) is 0 Å². The highest BCUT2D eigenvalue weighted by Gasteiger charge is 2.09. The molecule has 0 bridgehead atoms. The number of fused-ring (bicyclic) bond motifs is 5. The lowest BCUT2D eigenvalue weighted by atomic mass is 9.94. The van der Waals surface area contributed by atoms with Crippen molar-refractivity contribution in [1.29, 1.82) is 0 Å². The van der Waals surface area contributed by atoms with Crippen LogP contribution in [0.5, 0.6) is 0 Å². The highest BCUT2D eigenvalue weighted by molar-refractivity contribution is 6.19. The maximum atomic E-state index is 4.23. The summed E-state index contributed by atoms with van der Waals surface area (Å²) in [6.45, 7) is 0. The van der Waals surface area contributed by atoms with Gasteiger partial charge in [0.05, 0.1) is 6.20 Å². The predicted octanol–water partition coefficient (Wildman–Crippen LogP) is 4.93. The van der Waals surface area contributed by atoms with Gasteiger partial charge in [0.1, 0.15) is 5.69 Å². The minimum absolute atomic E-state index is 0.871. The Morgan fingerprint density at radius 2 is 1.35 bits per heavy atom. The van der Waals surface area contributed by atoms with Crippen molar-refractivity contribution in [2.45, 2.75) is 0 Å². The molecule has 0 saturated heterocycles. The summed E-state index contributed by atoms with van der Waals surface area (Å²) in [4.78, 5) is 0. The van der Waals surface area contributed by atoms with E-state index in [1.165, 1.54) is 32.3 Å². The number of aromatic amines is 1. The largest absolute Gasteiger partial charge is 0.197 e. The summed E-state index contributed by atoms with van der Waals surface area (Å²) < 4.78 is 0. The first kappa shape index (κ1) is 12.4. The van der Waals surface area contributed by atoms with E-state index in [9.17, 15) is 0 Å². The van der Waals surface area contributed by atoms with Gasteiger partial charge < -0.3 is 0 Å². The number of nitrogens with zero attached hydrogens (tertiary/aromatic N) is 2. The van der Waals surface area contributed by atoms with Crippen LogP contribution < -0.4 is 0 Å². The topological polar surface area (TPSA) is 41.6 Å². The van der Waals surface area contributed by atoms with Gasteiger partial charge in [-0.25, -0.2) is 0 Å². The van der Waals surface area contributed by atoms with Gasteiger partial charge in [-0.15, -0.1) is 0 Å². The Morgan fingerprint density at radius 1 is 0.609 bits per heavy atom. The monoisotopic (exact) mass is 295 g/mol. The molecule has 1 N–H and O–H groups in total. The van der Waals surface area contributed by atoms with Crippen molar-refractivity contribution in [3.63, 3.8) is 0 Å². The molecule has 0 saturated carbocycles. The molecule has 0 aliphatic heterocycles. The van der Waals surface area contributed by atoms with Crippen LogP contribution in [-0.2, 0) is 0 Å². The van der Waals surface area contributed by atoms with E-state index in [2.05, 4.69) is 82.1 Å². The zero-order chi connectivity index (χ0) is 15.2. The fourth-order valence-corrected chi connectivity index (χ4v) is 3.41. The van der Waals surface area contributed by atoms with E-state index < -0.39 is 0 Å². The molecule has 0 atom stereocenters. The molecule has 0 unspecified atom stereocenters. The summed E-state index contributed by atoms with van der Waals surface area (Å²) in [6.07, 6.45) is 1.76. The van der Waals surface area contributed by atoms with E-state index in [1.54, 1.807) is 6.20 Å². The molecule has 5 rings (SSSR count). The van der Waals surface area contributed by atoms with E-state index in [-0.39, 0.29) is 0 Å². The summed E-state index contributed by atoms with van der Waals surface area (Å²) in [5, 5.41) is 18.4. The number of hydrogen-bond acceptors (Lipinski definition) is 2. The fourth-order valence-electron chi connectivity index (χ4n) is 3.41. The number of nitrogens with one attached hydrogen (secondary N) is 1. The van der Waals surface area contributed by atoms with Gasteiger partial charge in [-0.2, -0.15) is 15.4 Å². The normalized spacial score (nSPS) is 11.5. The number of rotatable bonds is 1. The summed E-state index contributed by atoms with van der Waals surface area (Å²) in [6, 6.07) is 23.7. The second-order valence-corrected chi connectivity index (χ2v) is 5.70. The Labute approximate surface area is 132 Å². The maximum Gasteiger partial charge on any atom is 0.113 e. The molecule has 3 heteroatoms. The van der Waals surface area contributed by atoms with Crippen LogP contribution in [0.1, 0.15) is 0 Å². The molecule has 0 amide bonds. The highest BCUT2D eigenvalue weighted by Crippen LogP contribution is 2.34. The summed E-state index contributed by atoms with van der Waals surface area (Å²) in [7, 11) is 0. The molecule has 0 fully saturated rings. The lowest BCUT2D eigenvalue weighted by Crippen LogP contribution is -1.84. The van der Waals surface area contributed by atoms with E-state index in [4.69, 9.17) is 0 Å². The minimum atomic E-state index is 0.871. The van der Waals surface area contributed by atoms with E-state index >= 15 is 0 Å². The molecule has 3 nitrogen and oxygen atoms in total. The van der Waals surface area contributed by atoms with Crippen LogP contribution in [0.3, 0.4) is 0 Å². The van der Waals surface area contributed by atoms with Crippen molar-refractivity contribution in [1.82, 2.24) is 15.4 Å². The lowest BCUT2D eigenvalue weighted by Gasteiger charge is -2.09. The van der Waals surface area contributed by atoms with Gasteiger partial charge >= 0.3 is 0 Å². The first-order valence-corrected chi connectivity index (χ1v) is 7.61. The Kier molecular flexibility index (Phi) is 2.50. The molecular formula is C20H13N3. The fraction of sp³-hybridized carbons (Fsp3) is 0. The number of H-pyrrole nitrogens is 1. The van der Waals surface area contributed by atoms with Gasteiger partial charge in [-0.05, 0) is 32.3 Å². The molecular weight excluding hydrogens is 282 g/mol. The van der Waals surface area contributed by atoms with Crippen molar-refractivity contribution >= 4 is 32.3 Å². The van der Waals surface area contributed by atoms with Crippen molar-refractivity contribution in [2.75, 3.05) is 0 Å². The third kappa shape index (κ3) is 1.77. The molecule has 0 aliphatic carbocycles. The highest BCUT2D eigenvalue weighted by atomic mass is 15.3. The van der Waals surface area contributed by atoms with E-state index in [1.807, 2.05) is 0 Å². The smallest absolute Gasteiger partial charge is 0.113 e. The molecule has 1 aromatic heterocycles. The maximum absolute atomic E-state index is 4.23. The van der Waals surface area contributed by atoms with Gasteiger partial charge in [0.25, 0.3) is 0 Å². The summed E-state index contributed by atoms with van der Waals surface area (Å²) in [5.74, 6) is 0.